The summed E-state index contributed by atoms with van der Waals surface area (Å²) >= 11 is 0. The third-order valence-electron chi connectivity index (χ3n) is 12.4. The first kappa shape index (κ1) is 32.9. The van der Waals surface area contributed by atoms with E-state index in [-0.39, 0.29) is 0 Å². The van der Waals surface area contributed by atoms with Gasteiger partial charge < -0.3 is 18.1 Å². The second kappa shape index (κ2) is 12.7. The molecule has 0 saturated heterocycles. The van der Waals surface area contributed by atoms with E-state index in [1.165, 1.54) is 37.8 Å². The van der Waals surface area contributed by atoms with Crippen molar-refractivity contribution < 1.29 is 4.42 Å². The summed E-state index contributed by atoms with van der Waals surface area (Å²) in [5.41, 5.74) is 11.6. The number of benzene rings is 10. The Bertz CT molecular complexity index is 3960. The zero-order valence-electron chi connectivity index (χ0n) is 32.5. The number of hydrogen-bond acceptors (Lipinski definition) is 1. The van der Waals surface area contributed by atoms with Crippen molar-refractivity contribution in [2.75, 3.05) is 0 Å². The van der Waals surface area contributed by atoms with Crippen molar-refractivity contribution in [1.82, 2.24) is 13.7 Å². The lowest BCUT2D eigenvalue weighted by Crippen LogP contribution is -2.02. The molecule has 0 saturated carbocycles. The Labute approximate surface area is 344 Å². The summed E-state index contributed by atoms with van der Waals surface area (Å²) in [5.74, 6) is 0. The summed E-state index contributed by atoms with van der Waals surface area (Å²) in [7, 11) is 0. The van der Waals surface area contributed by atoms with Crippen molar-refractivity contribution >= 4 is 98.1 Å². The van der Waals surface area contributed by atoms with Crippen molar-refractivity contribution in [1.29, 1.82) is 0 Å². The summed E-state index contributed by atoms with van der Waals surface area (Å²) in [6.07, 6.45) is 0. The molecular formula is C56H35N3O. The van der Waals surface area contributed by atoms with Gasteiger partial charge in [0, 0.05) is 54.7 Å². The molecule has 13 aromatic rings. The number of nitrogens with zero attached hydrogens (tertiary/aromatic N) is 3. The van der Waals surface area contributed by atoms with Crippen LogP contribution in [0.5, 0.6) is 0 Å². The molecule has 60 heavy (non-hydrogen) atoms. The third-order valence-corrected chi connectivity index (χ3v) is 12.4. The SMILES string of the molecule is c1ccc2cc(-n3c4cccc(c4)c4cccc(c4)n(-c4cccc5c6ccccc6n(-c6cccc7ccccc67)c45)c4ccc5oc6ccc3cc6c5c4)ccc2c1. The second-order valence-corrected chi connectivity index (χ2v) is 15.8. The molecule has 0 unspecified atom stereocenters. The van der Waals surface area contributed by atoms with Crippen LogP contribution in [0.3, 0.4) is 0 Å². The Balaban J connectivity index is 1.20. The van der Waals surface area contributed by atoms with Gasteiger partial charge >= 0.3 is 0 Å². The molecule has 4 nitrogen and oxygen atoms in total. The first-order chi connectivity index (χ1) is 29.7. The van der Waals surface area contributed by atoms with Crippen LogP contribution in [0.1, 0.15) is 0 Å². The molecule has 0 fully saturated rings. The summed E-state index contributed by atoms with van der Waals surface area (Å²) < 4.78 is 13.9. The van der Waals surface area contributed by atoms with Crippen LogP contribution in [-0.2, 0) is 0 Å². The summed E-state index contributed by atoms with van der Waals surface area (Å²) in [6.45, 7) is 0. The highest BCUT2D eigenvalue weighted by Crippen LogP contribution is 2.40. The van der Waals surface area contributed by atoms with Gasteiger partial charge in [-0.25, -0.2) is 0 Å². The van der Waals surface area contributed by atoms with E-state index >= 15 is 0 Å². The predicted octanol–water partition coefficient (Wildman–Crippen LogP) is 15.2. The van der Waals surface area contributed by atoms with E-state index < -0.39 is 0 Å². The van der Waals surface area contributed by atoms with E-state index in [0.29, 0.717) is 0 Å². The Morgan fingerprint density at radius 1 is 0.283 bits per heavy atom. The van der Waals surface area contributed by atoms with Gasteiger partial charge in [0.2, 0.25) is 0 Å². The zero-order chi connectivity index (χ0) is 39.3. The Morgan fingerprint density at radius 2 is 0.817 bits per heavy atom. The molecule has 0 radical (unpaired) electrons. The average Bonchev–Trinajstić information content (AvgIpc) is 3.84. The minimum absolute atomic E-state index is 0.856. The van der Waals surface area contributed by atoms with Gasteiger partial charge in [0.1, 0.15) is 11.2 Å². The van der Waals surface area contributed by atoms with E-state index in [1.54, 1.807) is 0 Å². The maximum Gasteiger partial charge on any atom is 0.135 e. The van der Waals surface area contributed by atoms with Crippen molar-refractivity contribution in [2.24, 2.45) is 0 Å². The van der Waals surface area contributed by atoms with Crippen LogP contribution in [0.25, 0.3) is 115 Å². The summed E-state index contributed by atoms with van der Waals surface area (Å²) in [6, 6.07) is 77.3. The van der Waals surface area contributed by atoms with E-state index in [1.807, 2.05) is 0 Å². The van der Waals surface area contributed by atoms with Gasteiger partial charge in [-0.15, -0.1) is 0 Å². The van der Waals surface area contributed by atoms with Crippen LogP contribution in [0.15, 0.2) is 217 Å². The molecule has 0 spiro atoms. The van der Waals surface area contributed by atoms with Gasteiger partial charge in [-0.2, -0.15) is 0 Å². The molecule has 0 atom stereocenters. The monoisotopic (exact) mass is 765 g/mol. The van der Waals surface area contributed by atoms with Crippen LogP contribution in [0, 0.1) is 0 Å². The molecule has 0 aliphatic rings. The van der Waals surface area contributed by atoms with Crippen LogP contribution in [0.4, 0.5) is 0 Å². The topological polar surface area (TPSA) is 27.9 Å². The standard InChI is InChI=1S/C56H35N3O/c1-2-13-38-31-43(26-25-36(38)11-1)57-41-17-7-15-39(32-41)40-16-8-18-42(33-40)58(45-28-30-55-50(35-45)49-34-44(57)27-29-54(49)60-55)53-24-10-21-48-47-20-5-6-22-52(47)59(56(48)53)51-23-9-14-37-12-3-4-19-46(37)51/h1-35H. The lowest BCUT2D eigenvalue weighted by Gasteiger charge is -2.17. The number of para-hydroxylation sites is 2. The van der Waals surface area contributed by atoms with Gasteiger partial charge in [-0.05, 0) is 118 Å². The van der Waals surface area contributed by atoms with Gasteiger partial charge in [-0.1, -0.05) is 121 Å². The summed E-state index contributed by atoms with van der Waals surface area (Å²) in [4.78, 5) is 0. The fourth-order valence-electron chi connectivity index (χ4n) is 9.71. The molecule has 0 aliphatic heterocycles. The molecule has 4 heteroatoms. The smallest absolute Gasteiger partial charge is 0.135 e. The number of fused-ring (bicyclic) bond motifs is 12. The molecule has 3 heterocycles. The van der Waals surface area contributed by atoms with Crippen LogP contribution in [-0.4, -0.2) is 13.7 Å². The number of hydrogen-bond donors (Lipinski definition) is 0. The van der Waals surface area contributed by atoms with Gasteiger partial charge in [0.05, 0.1) is 22.4 Å². The van der Waals surface area contributed by atoms with E-state index in [2.05, 4.69) is 226 Å². The summed E-state index contributed by atoms with van der Waals surface area (Å²) in [5, 5.41) is 11.7. The lowest BCUT2D eigenvalue weighted by atomic mass is 10.1. The van der Waals surface area contributed by atoms with E-state index in [0.717, 1.165) is 77.4 Å². The van der Waals surface area contributed by atoms with Gasteiger partial charge in [0.25, 0.3) is 0 Å². The third kappa shape index (κ3) is 4.91. The van der Waals surface area contributed by atoms with E-state index in [4.69, 9.17) is 4.42 Å². The molecule has 13 rings (SSSR count). The molecule has 280 valence electrons. The van der Waals surface area contributed by atoms with Crippen LogP contribution < -0.4 is 0 Å². The fourth-order valence-corrected chi connectivity index (χ4v) is 9.71. The second-order valence-electron chi connectivity index (χ2n) is 15.8. The normalized spacial score (nSPS) is 12.0. The molecule has 10 aromatic carbocycles. The maximum absolute atomic E-state index is 6.60. The van der Waals surface area contributed by atoms with Crippen molar-refractivity contribution in [3.05, 3.63) is 212 Å². The van der Waals surface area contributed by atoms with Crippen LogP contribution >= 0.6 is 0 Å². The molecule has 0 amide bonds. The average molecular weight is 766 g/mol. The fraction of sp³-hybridized carbons (Fsp3) is 0. The largest absolute Gasteiger partial charge is 0.456 e. The molecule has 3 aromatic heterocycles. The molecule has 0 aliphatic carbocycles. The van der Waals surface area contributed by atoms with Crippen molar-refractivity contribution in [3.8, 4) is 17.1 Å². The molecular weight excluding hydrogens is 731 g/mol. The van der Waals surface area contributed by atoms with Crippen LogP contribution in [0.2, 0.25) is 0 Å². The minimum atomic E-state index is 0.856. The van der Waals surface area contributed by atoms with Crippen molar-refractivity contribution in [3.63, 3.8) is 0 Å². The zero-order valence-corrected chi connectivity index (χ0v) is 32.5. The van der Waals surface area contributed by atoms with E-state index in [9.17, 15) is 0 Å². The highest BCUT2D eigenvalue weighted by molar-refractivity contribution is 6.14. The Kier molecular flexibility index (Phi) is 6.98. The number of rotatable bonds is 3. The highest BCUT2D eigenvalue weighted by Gasteiger charge is 2.19. The minimum Gasteiger partial charge on any atom is -0.456 e. The molecule has 8 bridgehead atoms. The molecule has 0 N–H and O–H groups in total. The lowest BCUT2D eigenvalue weighted by molar-refractivity contribution is 0.669. The Hall–Kier alpha value is -8.08. The van der Waals surface area contributed by atoms with Gasteiger partial charge in [-0.3, -0.25) is 0 Å². The first-order valence-corrected chi connectivity index (χ1v) is 20.5. The van der Waals surface area contributed by atoms with Gasteiger partial charge in [0.15, 0.2) is 0 Å². The predicted molar refractivity (Wildman–Crippen MR) is 252 cm³/mol. The first-order valence-electron chi connectivity index (χ1n) is 20.5. The number of aromatic nitrogens is 3. The quantitative estimate of drug-likeness (QED) is 0.176. The maximum atomic E-state index is 6.60. The Morgan fingerprint density at radius 3 is 1.60 bits per heavy atom. The highest BCUT2D eigenvalue weighted by atomic mass is 16.3. The van der Waals surface area contributed by atoms with Crippen molar-refractivity contribution in [2.45, 2.75) is 0 Å². The number of furan rings is 1.